The van der Waals surface area contributed by atoms with Gasteiger partial charge in [-0.1, -0.05) is 12.2 Å². The zero-order valence-corrected chi connectivity index (χ0v) is 7.47. The van der Waals surface area contributed by atoms with Crippen LogP contribution in [0.2, 0.25) is 0 Å². The molecule has 0 fully saturated rings. The third kappa shape index (κ3) is 1.54. The lowest BCUT2D eigenvalue weighted by atomic mass is 9.93. The van der Waals surface area contributed by atoms with Crippen molar-refractivity contribution in [2.45, 2.75) is 6.42 Å². The number of amides is 1. The normalized spacial score (nSPS) is 19.0. The Kier molecular flexibility index (Phi) is 2.10. The highest BCUT2D eigenvalue weighted by Crippen LogP contribution is 2.26. The molecule has 0 aromatic rings. The number of hydrogen-bond donors (Lipinski definition) is 1. The average molecular weight is 187 g/mol. The number of fused-ring (bicyclic) bond motifs is 1. The summed E-state index contributed by atoms with van der Waals surface area (Å²) in [6.07, 6.45) is 9.26. The van der Waals surface area contributed by atoms with E-state index in [4.69, 9.17) is 5.73 Å². The van der Waals surface area contributed by atoms with Crippen molar-refractivity contribution in [2.24, 2.45) is 16.0 Å². The fraction of sp³-hybridized carbons (Fsp3) is 0.100. The van der Waals surface area contributed by atoms with Crippen molar-refractivity contribution < 1.29 is 4.79 Å². The third-order valence-corrected chi connectivity index (χ3v) is 2.13. The summed E-state index contributed by atoms with van der Waals surface area (Å²) in [6.45, 7) is 0. The first-order valence-electron chi connectivity index (χ1n) is 4.24. The highest BCUT2D eigenvalue weighted by Gasteiger charge is 2.14. The number of azo groups is 1. The first kappa shape index (κ1) is 8.62. The molecule has 70 valence electrons. The van der Waals surface area contributed by atoms with E-state index in [-0.39, 0.29) is 5.91 Å². The fourth-order valence-corrected chi connectivity index (χ4v) is 1.37. The number of carbonyl (C=O) groups is 1. The smallest absolute Gasteiger partial charge is 0.244 e. The summed E-state index contributed by atoms with van der Waals surface area (Å²) in [5, 5.41) is 7.56. The molecule has 4 heteroatoms. The Hall–Kier alpha value is -1.97. The van der Waals surface area contributed by atoms with Gasteiger partial charge in [-0.25, -0.2) is 0 Å². The van der Waals surface area contributed by atoms with Gasteiger partial charge in [0.2, 0.25) is 5.91 Å². The summed E-state index contributed by atoms with van der Waals surface area (Å²) in [5.41, 5.74) is 7.79. The van der Waals surface area contributed by atoms with Gasteiger partial charge in [0.15, 0.2) is 0 Å². The number of nitrogens with two attached hydrogens (primary N) is 1. The van der Waals surface area contributed by atoms with Gasteiger partial charge < -0.3 is 5.73 Å². The second kappa shape index (κ2) is 3.41. The van der Waals surface area contributed by atoms with Gasteiger partial charge in [0, 0.05) is 12.0 Å². The van der Waals surface area contributed by atoms with Crippen molar-refractivity contribution in [2.75, 3.05) is 0 Å². The van der Waals surface area contributed by atoms with E-state index in [1.807, 2.05) is 12.2 Å². The number of carbonyl (C=O) groups excluding carboxylic acids is 1. The number of primary amides is 1. The van der Waals surface area contributed by atoms with Crippen molar-refractivity contribution in [3.8, 4) is 0 Å². The number of rotatable bonds is 1. The topological polar surface area (TPSA) is 67.8 Å². The first-order valence-corrected chi connectivity index (χ1v) is 4.24. The van der Waals surface area contributed by atoms with Gasteiger partial charge >= 0.3 is 0 Å². The van der Waals surface area contributed by atoms with Crippen molar-refractivity contribution in [1.82, 2.24) is 0 Å². The second-order valence-corrected chi connectivity index (χ2v) is 3.06. The largest absolute Gasteiger partial charge is 0.366 e. The molecule has 14 heavy (non-hydrogen) atoms. The molecule has 1 aliphatic heterocycles. The Bertz CT molecular complexity index is 425. The Morgan fingerprint density at radius 2 is 2.21 bits per heavy atom. The van der Waals surface area contributed by atoms with E-state index in [1.54, 1.807) is 18.5 Å². The fourth-order valence-electron chi connectivity index (χ4n) is 1.37. The summed E-state index contributed by atoms with van der Waals surface area (Å²) < 4.78 is 0. The van der Waals surface area contributed by atoms with Crippen LogP contribution in [-0.4, -0.2) is 5.91 Å². The Morgan fingerprint density at radius 1 is 1.36 bits per heavy atom. The van der Waals surface area contributed by atoms with Crippen LogP contribution in [0.1, 0.15) is 6.42 Å². The molecule has 0 spiro atoms. The van der Waals surface area contributed by atoms with Gasteiger partial charge in [0.1, 0.15) is 0 Å². The minimum absolute atomic E-state index is 0.383. The highest BCUT2D eigenvalue weighted by molar-refractivity contribution is 5.93. The number of allylic oxidation sites excluding steroid dienone is 5. The van der Waals surface area contributed by atoms with E-state index in [1.165, 1.54) is 0 Å². The summed E-state index contributed by atoms with van der Waals surface area (Å²) >= 11 is 0. The SMILES string of the molecule is NC(=O)C1=CC=C2C=CN=NC=C2C1. The van der Waals surface area contributed by atoms with E-state index in [9.17, 15) is 4.79 Å². The standard InChI is InChI=1S/C10H9N3O/c11-10(14)8-2-1-7-3-4-12-13-6-9(7)5-8/h1-4,6H,5H2,(H2,11,14). The monoisotopic (exact) mass is 187 g/mol. The van der Waals surface area contributed by atoms with E-state index in [0.717, 1.165) is 11.1 Å². The zero-order valence-electron chi connectivity index (χ0n) is 7.47. The van der Waals surface area contributed by atoms with Crippen LogP contribution in [0.5, 0.6) is 0 Å². The lowest BCUT2D eigenvalue weighted by molar-refractivity contribution is -0.114. The Balaban J connectivity index is 2.38. The van der Waals surface area contributed by atoms with Crippen molar-refractivity contribution in [1.29, 1.82) is 0 Å². The van der Waals surface area contributed by atoms with Crippen LogP contribution >= 0.6 is 0 Å². The quantitative estimate of drug-likeness (QED) is 0.665. The summed E-state index contributed by atoms with van der Waals surface area (Å²) in [5.74, 6) is -0.383. The van der Waals surface area contributed by atoms with Gasteiger partial charge in [0.25, 0.3) is 0 Å². The average Bonchev–Trinajstić information content (AvgIpc) is 2.41. The molecule has 0 aromatic carbocycles. The predicted octanol–water partition coefficient (Wildman–Crippen LogP) is 1.59. The minimum Gasteiger partial charge on any atom is -0.366 e. The molecule has 0 saturated heterocycles. The first-order chi connectivity index (χ1) is 6.77. The van der Waals surface area contributed by atoms with E-state index in [0.29, 0.717) is 12.0 Å². The molecule has 0 saturated carbocycles. The molecule has 1 aliphatic carbocycles. The van der Waals surface area contributed by atoms with Crippen LogP contribution in [-0.2, 0) is 4.79 Å². The lowest BCUT2D eigenvalue weighted by Gasteiger charge is -2.12. The number of nitrogens with zero attached hydrogens (tertiary/aromatic N) is 2. The molecule has 4 nitrogen and oxygen atoms in total. The second-order valence-electron chi connectivity index (χ2n) is 3.06. The maximum Gasteiger partial charge on any atom is 0.244 e. The van der Waals surface area contributed by atoms with Crippen molar-refractivity contribution in [3.63, 3.8) is 0 Å². The van der Waals surface area contributed by atoms with E-state index >= 15 is 0 Å². The Labute approximate surface area is 81.2 Å². The molecule has 2 N–H and O–H groups in total. The molecule has 1 amide bonds. The summed E-state index contributed by atoms with van der Waals surface area (Å²) in [4.78, 5) is 10.9. The molecule has 0 aromatic heterocycles. The third-order valence-electron chi connectivity index (χ3n) is 2.13. The van der Waals surface area contributed by atoms with Crippen molar-refractivity contribution in [3.05, 3.63) is 47.3 Å². The van der Waals surface area contributed by atoms with Crippen LogP contribution in [0.3, 0.4) is 0 Å². The Morgan fingerprint density at radius 3 is 3.00 bits per heavy atom. The molecule has 0 bridgehead atoms. The van der Waals surface area contributed by atoms with Gasteiger partial charge in [-0.2, -0.15) is 10.2 Å². The molecule has 0 radical (unpaired) electrons. The van der Waals surface area contributed by atoms with Crippen LogP contribution in [0, 0.1) is 0 Å². The molecular formula is C10H9N3O. The van der Waals surface area contributed by atoms with Crippen LogP contribution < -0.4 is 5.73 Å². The maximum absolute atomic E-state index is 10.9. The molecule has 1 heterocycles. The highest BCUT2D eigenvalue weighted by atomic mass is 16.1. The van der Waals surface area contributed by atoms with Crippen LogP contribution in [0.4, 0.5) is 0 Å². The van der Waals surface area contributed by atoms with E-state index < -0.39 is 0 Å². The zero-order chi connectivity index (χ0) is 9.97. The van der Waals surface area contributed by atoms with E-state index in [2.05, 4.69) is 10.2 Å². The molecule has 0 atom stereocenters. The molecule has 0 unspecified atom stereocenters. The van der Waals surface area contributed by atoms with Gasteiger partial charge in [-0.15, -0.1) is 0 Å². The summed E-state index contributed by atoms with van der Waals surface area (Å²) in [7, 11) is 0. The lowest BCUT2D eigenvalue weighted by Crippen LogP contribution is -2.15. The molecule has 2 rings (SSSR count). The predicted molar refractivity (Wildman–Crippen MR) is 52.1 cm³/mol. The van der Waals surface area contributed by atoms with Gasteiger partial charge in [-0.3, -0.25) is 4.79 Å². The van der Waals surface area contributed by atoms with Gasteiger partial charge in [0.05, 0.1) is 12.4 Å². The van der Waals surface area contributed by atoms with Crippen molar-refractivity contribution >= 4 is 5.91 Å². The minimum atomic E-state index is -0.383. The maximum atomic E-state index is 10.9. The van der Waals surface area contributed by atoms with Crippen LogP contribution in [0.15, 0.2) is 57.6 Å². The molecular weight excluding hydrogens is 178 g/mol. The molecule has 2 aliphatic rings. The van der Waals surface area contributed by atoms with Crippen LogP contribution in [0.25, 0.3) is 0 Å². The number of hydrogen-bond acceptors (Lipinski definition) is 3. The van der Waals surface area contributed by atoms with Gasteiger partial charge in [-0.05, 0) is 17.2 Å². The summed E-state index contributed by atoms with van der Waals surface area (Å²) in [6, 6.07) is 0.